The van der Waals surface area contributed by atoms with Gasteiger partial charge >= 0.3 is 5.97 Å². The van der Waals surface area contributed by atoms with E-state index in [1.807, 2.05) is 13.8 Å². The highest BCUT2D eigenvalue weighted by molar-refractivity contribution is 5.90. The minimum Gasteiger partial charge on any atom is -0.478 e. The molecule has 1 aromatic carbocycles. The molecule has 5 heteroatoms. The zero-order chi connectivity index (χ0) is 14.0. The van der Waals surface area contributed by atoms with Gasteiger partial charge in [-0.25, -0.2) is 9.78 Å². The highest BCUT2D eigenvalue weighted by atomic mass is 16.5. The summed E-state index contributed by atoms with van der Waals surface area (Å²) in [6, 6.07) is 4.88. The van der Waals surface area contributed by atoms with Crippen LogP contribution in [0.4, 0.5) is 0 Å². The van der Waals surface area contributed by atoms with Gasteiger partial charge in [-0.1, -0.05) is 6.07 Å². The molecule has 1 heterocycles. The molecule has 2 rings (SSSR count). The van der Waals surface area contributed by atoms with Crippen molar-refractivity contribution in [2.24, 2.45) is 0 Å². The fourth-order valence-corrected chi connectivity index (χ4v) is 1.64. The molecule has 1 aromatic heterocycles. The maximum Gasteiger partial charge on any atom is 0.336 e. The third-order valence-corrected chi connectivity index (χ3v) is 2.90. The SMILES string of the molecule is Cc1ncc(Oc2cccc(C(=O)O)c2C)nc1C. The number of carboxylic acid groups (broad SMARTS) is 1. The first-order valence-electron chi connectivity index (χ1n) is 5.80. The molecule has 0 unspecified atom stereocenters. The van der Waals surface area contributed by atoms with Gasteiger partial charge in [-0.2, -0.15) is 0 Å². The van der Waals surface area contributed by atoms with Crippen LogP contribution in [-0.2, 0) is 0 Å². The van der Waals surface area contributed by atoms with E-state index in [2.05, 4.69) is 9.97 Å². The van der Waals surface area contributed by atoms with Crippen LogP contribution in [0.15, 0.2) is 24.4 Å². The molecular weight excluding hydrogens is 244 g/mol. The van der Waals surface area contributed by atoms with Crippen LogP contribution in [0.1, 0.15) is 27.3 Å². The van der Waals surface area contributed by atoms with Crippen LogP contribution in [0.25, 0.3) is 0 Å². The van der Waals surface area contributed by atoms with E-state index in [-0.39, 0.29) is 5.56 Å². The van der Waals surface area contributed by atoms with Crippen molar-refractivity contribution in [3.8, 4) is 11.6 Å². The van der Waals surface area contributed by atoms with Gasteiger partial charge in [0.2, 0.25) is 5.88 Å². The summed E-state index contributed by atoms with van der Waals surface area (Å²) in [7, 11) is 0. The Balaban J connectivity index is 2.35. The van der Waals surface area contributed by atoms with Gasteiger partial charge in [-0.05, 0) is 32.9 Å². The number of aryl methyl sites for hydroxylation is 2. The van der Waals surface area contributed by atoms with Crippen molar-refractivity contribution < 1.29 is 14.6 Å². The first-order chi connectivity index (χ1) is 8.99. The van der Waals surface area contributed by atoms with Crippen LogP contribution in [0.5, 0.6) is 11.6 Å². The number of ether oxygens (including phenoxy) is 1. The van der Waals surface area contributed by atoms with Crippen molar-refractivity contribution in [2.75, 3.05) is 0 Å². The van der Waals surface area contributed by atoms with E-state index in [4.69, 9.17) is 9.84 Å². The van der Waals surface area contributed by atoms with Crippen LogP contribution >= 0.6 is 0 Å². The van der Waals surface area contributed by atoms with Gasteiger partial charge in [0.15, 0.2) is 0 Å². The Morgan fingerprint density at radius 2 is 1.95 bits per heavy atom. The molecule has 2 aromatic rings. The van der Waals surface area contributed by atoms with Crippen molar-refractivity contribution >= 4 is 5.97 Å². The predicted molar refractivity (Wildman–Crippen MR) is 69.7 cm³/mol. The molecule has 0 saturated heterocycles. The van der Waals surface area contributed by atoms with Crippen molar-refractivity contribution in [3.63, 3.8) is 0 Å². The Morgan fingerprint density at radius 1 is 1.21 bits per heavy atom. The Bertz CT molecular complexity index is 639. The minimum absolute atomic E-state index is 0.217. The number of rotatable bonds is 3. The van der Waals surface area contributed by atoms with Gasteiger partial charge in [0.05, 0.1) is 23.1 Å². The molecule has 1 N–H and O–H groups in total. The van der Waals surface area contributed by atoms with Gasteiger partial charge in [0.1, 0.15) is 5.75 Å². The maximum atomic E-state index is 11.0. The van der Waals surface area contributed by atoms with E-state index < -0.39 is 5.97 Å². The number of carboxylic acids is 1. The largest absolute Gasteiger partial charge is 0.478 e. The van der Waals surface area contributed by atoms with Crippen LogP contribution in [0, 0.1) is 20.8 Å². The Morgan fingerprint density at radius 3 is 2.58 bits per heavy atom. The molecular formula is C14H14N2O3. The zero-order valence-electron chi connectivity index (χ0n) is 11.0. The molecule has 0 saturated carbocycles. The Hall–Kier alpha value is -2.43. The maximum absolute atomic E-state index is 11.0. The molecule has 0 aliphatic carbocycles. The second-order valence-corrected chi connectivity index (χ2v) is 4.21. The van der Waals surface area contributed by atoms with E-state index in [1.165, 1.54) is 12.3 Å². The smallest absolute Gasteiger partial charge is 0.336 e. The predicted octanol–water partition coefficient (Wildman–Crippen LogP) is 2.89. The lowest BCUT2D eigenvalue weighted by Crippen LogP contribution is -2.02. The van der Waals surface area contributed by atoms with E-state index in [9.17, 15) is 4.79 Å². The monoisotopic (exact) mass is 258 g/mol. The van der Waals surface area contributed by atoms with Crippen molar-refractivity contribution in [3.05, 3.63) is 46.9 Å². The lowest BCUT2D eigenvalue weighted by Gasteiger charge is -2.10. The fourth-order valence-electron chi connectivity index (χ4n) is 1.64. The summed E-state index contributed by atoms with van der Waals surface area (Å²) in [6.07, 6.45) is 1.52. The minimum atomic E-state index is -0.978. The molecule has 19 heavy (non-hydrogen) atoms. The fraction of sp³-hybridized carbons (Fsp3) is 0.214. The van der Waals surface area contributed by atoms with E-state index in [1.54, 1.807) is 19.1 Å². The summed E-state index contributed by atoms with van der Waals surface area (Å²) in [6.45, 7) is 5.41. The van der Waals surface area contributed by atoms with Crippen molar-refractivity contribution in [1.82, 2.24) is 9.97 Å². The van der Waals surface area contributed by atoms with Crippen LogP contribution < -0.4 is 4.74 Å². The second kappa shape index (κ2) is 5.06. The highest BCUT2D eigenvalue weighted by Crippen LogP contribution is 2.26. The van der Waals surface area contributed by atoms with Gasteiger partial charge in [-0.3, -0.25) is 4.98 Å². The summed E-state index contributed by atoms with van der Waals surface area (Å²) >= 11 is 0. The Kier molecular flexibility index (Phi) is 3.46. The third kappa shape index (κ3) is 2.70. The van der Waals surface area contributed by atoms with Gasteiger partial charge < -0.3 is 9.84 Å². The molecule has 0 aliphatic rings. The Labute approximate surface area is 110 Å². The molecule has 0 amide bonds. The van der Waals surface area contributed by atoms with Gasteiger partial charge in [-0.15, -0.1) is 0 Å². The summed E-state index contributed by atoms with van der Waals surface area (Å²) in [4.78, 5) is 19.5. The van der Waals surface area contributed by atoms with Crippen molar-refractivity contribution in [2.45, 2.75) is 20.8 Å². The standard InChI is InChI=1S/C14H14N2O3/c1-8-11(14(17)18)5-4-6-12(8)19-13-7-15-9(2)10(3)16-13/h4-7H,1-3H3,(H,17,18). The third-order valence-electron chi connectivity index (χ3n) is 2.90. The highest BCUT2D eigenvalue weighted by Gasteiger charge is 2.12. The van der Waals surface area contributed by atoms with E-state index in [0.29, 0.717) is 17.2 Å². The topological polar surface area (TPSA) is 72.3 Å². The number of hydrogen-bond donors (Lipinski definition) is 1. The average Bonchev–Trinajstić information content (AvgIpc) is 2.36. The molecule has 0 radical (unpaired) electrons. The summed E-state index contributed by atoms with van der Waals surface area (Å²) in [5.41, 5.74) is 2.40. The quantitative estimate of drug-likeness (QED) is 0.916. The van der Waals surface area contributed by atoms with Gasteiger partial charge in [0.25, 0.3) is 0 Å². The number of carbonyl (C=O) groups is 1. The molecule has 0 bridgehead atoms. The molecule has 98 valence electrons. The number of nitrogens with zero attached hydrogens (tertiary/aromatic N) is 2. The summed E-state index contributed by atoms with van der Waals surface area (Å²) in [5, 5.41) is 9.05. The summed E-state index contributed by atoms with van der Waals surface area (Å²) in [5.74, 6) is -0.152. The van der Waals surface area contributed by atoms with Crippen LogP contribution in [0.2, 0.25) is 0 Å². The first kappa shape index (κ1) is 13.0. The van der Waals surface area contributed by atoms with Crippen molar-refractivity contribution in [1.29, 1.82) is 0 Å². The van der Waals surface area contributed by atoms with Gasteiger partial charge in [0, 0.05) is 5.56 Å². The lowest BCUT2D eigenvalue weighted by molar-refractivity contribution is 0.0695. The molecule has 0 spiro atoms. The normalized spacial score (nSPS) is 10.3. The second-order valence-electron chi connectivity index (χ2n) is 4.21. The van der Waals surface area contributed by atoms with E-state index in [0.717, 1.165) is 11.4 Å². The number of aromatic carboxylic acids is 1. The zero-order valence-corrected chi connectivity index (χ0v) is 11.0. The van der Waals surface area contributed by atoms with Crippen LogP contribution in [0.3, 0.4) is 0 Å². The van der Waals surface area contributed by atoms with Crippen LogP contribution in [-0.4, -0.2) is 21.0 Å². The number of hydrogen-bond acceptors (Lipinski definition) is 4. The average molecular weight is 258 g/mol. The summed E-state index contributed by atoms with van der Waals surface area (Å²) < 4.78 is 5.60. The molecule has 0 atom stereocenters. The number of aromatic nitrogens is 2. The lowest BCUT2D eigenvalue weighted by atomic mass is 10.1. The van der Waals surface area contributed by atoms with E-state index >= 15 is 0 Å². The first-order valence-corrected chi connectivity index (χ1v) is 5.80. The molecule has 5 nitrogen and oxygen atoms in total. The molecule has 0 fully saturated rings. The number of benzene rings is 1. The molecule has 0 aliphatic heterocycles.